The van der Waals surface area contributed by atoms with Gasteiger partial charge in [-0.1, -0.05) is 50.6 Å². The molecule has 0 heterocycles. The Hall–Kier alpha value is -1.96. The van der Waals surface area contributed by atoms with E-state index in [1.165, 1.54) is 0 Å². The summed E-state index contributed by atoms with van der Waals surface area (Å²) < 4.78 is 5.96. The summed E-state index contributed by atoms with van der Waals surface area (Å²) in [6.07, 6.45) is 1.16. The monoisotopic (exact) mass is 269 g/mol. The van der Waals surface area contributed by atoms with Crippen LogP contribution < -0.4 is 10.1 Å². The molecule has 1 N–H and O–H groups in total. The molecule has 0 saturated heterocycles. The summed E-state index contributed by atoms with van der Waals surface area (Å²) >= 11 is 0. The fourth-order valence-electron chi connectivity index (χ4n) is 2.03. The van der Waals surface area contributed by atoms with Gasteiger partial charge in [-0.15, -0.1) is 0 Å². The second-order valence-corrected chi connectivity index (χ2v) is 5.23. The number of hydrogen-bond acceptors (Lipinski definition) is 2. The molecule has 2 aromatic rings. The van der Waals surface area contributed by atoms with Gasteiger partial charge in [0.1, 0.15) is 5.75 Å². The van der Waals surface area contributed by atoms with E-state index in [0.717, 1.165) is 23.6 Å². The predicted molar refractivity (Wildman–Crippen MR) is 85.5 cm³/mol. The molecule has 0 fully saturated rings. The van der Waals surface area contributed by atoms with Crippen molar-refractivity contribution in [2.24, 2.45) is 5.92 Å². The highest BCUT2D eigenvalue weighted by atomic mass is 16.5. The van der Waals surface area contributed by atoms with Crippen LogP contribution in [0.4, 0.5) is 5.69 Å². The van der Waals surface area contributed by atoms with Gasteiger partial charge in [-0.05, 0) is 37.1 Å². The number of benzene rings is 2. The maximum Gasteiger partial charge on any atom is 0.150 e. The molecule has 0 aliphatic rings. The normalized spacial score (nSPS) is 13.6. The molecular formula is C18H23NO. The highest BCUT2D eigenvalue weighted by Gasteiger charge is 2.12. The van der Waals surface area contributed by atoms with Crippen LogP contribution in [-0.2, 0) is 0 Å². The zero-order valence-corrected chi connectivity index (χ0v) is 12.5. The zero-order chi connectivity index (χ0) is 14.4. The number of hydrogen-bond donors (Lipinski definition) is 1. The van der Waals surface area contributed by atoms with Crippen LogP contribution >= 0.6 is 0 Å². The van der Waals surface area contributed by atoms with Crippen molar-refractivity contribution < 1.29 is 4.74 Å². The molecule has 0 saturated carbocycles. The maximum absolute atomic E-state index is 5.96. The highest BCUT2D eigenvalue weighted by Crippen LogP contribution is 2.30. The average molecular weight is 269 g/mol. The van der Waals surface area contributed by atoms with Crippen LogP contribution in [-0.4, -0.2) is 6.04 Å². The van der Waals surface area contributed by atoms with E-state index in [2.05, 4.69) is 32.2 Å². The van der Waals surface area contributed by atoms with E-state index in [4.69, 9.17) is 4.74 Å². The first-order chi connectivity index (χ1) is 9.70. The lowest BCUT2D eigenvalue weighted by Gasteiger charge is -2.22. The lowest BCUT2D eigenvalue weighted by Crippen LogP contribution is -2.23. The number of ether oxygens (including phenoxy) is 1. The van der Waals surface area contributed by atoms with Gasteiger partial charge in [0, 0.05) is 6.04 Å². The van der Waals surface area contributed by atoms with Crippen molar-refractivity contribution in [3.05, 3.63) is 54.6 Å². The molecule has 2 unspecified atom stereocenters. The van der Waals surface area contributed by atoms with E-state index in [9.17, 15) is 0 Å². The molecule has 2 rings (SSSR count). The van der Waals surface area contributed by atoms with Crippen molar-refractivity contribution >= 4 is 5.69 Å². The standard InChI is InChI=1S/C18H23NO/c1-4-14(2)15(3)19-17-12-8-9-13-18(17)20-16-10-6-5-7-11-16/h5-15,19H,4H2,1-3H3. The van der Waals surface area contributed by atoms with Crippen LogP contribution in [0.25, 0.3) is 0 Å². The Labute approximate surface area is 121 Å². The minimum absolute atomic E-state index is 0.417. The third-order valence-corrected chi connectivity index (χ3v) is 3.74. The third kappa shape index (κ3) is 3.77. The van der Waals surface area contributed by atoms with E-state index in [1.807, 2.05) is 48.5 Å². The summed E-state index contributed by atoms with van der Waals surface area (Å²) in [6.45, 7) is 6.70. The number of rotatable bonds is 6. The Morgan fingerprint density at radius 1 is 0.950 bits per heavy atom. The van der Waals surface area contributed by atoms with E-state index in [0.29, 0.717) is 12.0 Å². The van der Waals surface area contributed by atoms with Gasteiger partial charge >= 0.3 is 0 Å². The lowest BCUT2D eigenvalue weighted by molar-refractivity contribution is 0.473. The van der Waals surface area contributed by atoms with Crippen molar-refractivity contribution in [3.8, 4) is 11.5 Å². The Morgan fingerprint density at radius 2 is 1.60 bits per heavy atom. The summed E-state index contributed by atoms with van der Waals surface area (Å²) in [5, 5.41) is 3.56. The van der Waals surface area contributed by atoms with Crippen molar-refractivity contribution in [1.29, 1.82) is 0 Å². The fraction of sp³-hybridized carbons (Fsp3) is 0.333. The molecule has 0 radical (unpaired) electrons. The number of nitrogens with one attached hydrogen (secondary N) is 1. The van der Waals surface area contributed by atoms with E-state index < -0.39 is 0 Å². The minimum atomic E-state index is 0.417. The summed E-state index contributed by atoms with van der Waals surface area (Å²) in [5.74, 6) is 2.35. The largest absolute Gasteiger partial charge is 0.455 e. The van der Waals surface area contributed by atoms with Crippen LogP contribution in [0.3, 0.4) is 0 Å². The lowest BCUT2D eigenvalue weighted by atomic mass is 10.0. The smallest absolute Gasteiger partial charge is 0.150 e. The quantitative estimate of drug-likeness (QED) is 0.765. The average Bonchev–Trinajstić information content (AvgIpc) is 2.49. The van der Waals surface area contributed by atoms with Gasteiger partial charge in [0.05, 0.1) is 5.69 Å². The molecule has 2 heteroatoms. The summed E-state index contributed by atoms with van der Waals surface area (Å²) in [5.41, 5.74) is 1.05. The van der Waals surface area contributed by atoms with Gasteiger partial charge in [0.2, 0.25) is 0 Å². The number of para-hydroxylation sites is 3. The summed E-state index contributed by atoms with van der Waals surface area (Å²) in [6, 6.07) is 18.4. The maximum atomic E-state index is 5.96. The Morgan fingerprint density at radius 3 is 2.30 bits per heavy atom. The first kappa shape index (κ1) is 14.4. The van der Waals surface area contributed by atoms with Crippen LogP contribution in [0.2, 0.25) is 0 Å². The van der Waals surface area contributed by atoms with Crippen molar-refractivity contribution in [1.82, 2.24) is 0 Å². The molecule has 0 aromatic heterocycles. The van der Waals surface area contributed by atoms with Crippen LogP contribution in [0.1, 0.15) is 27.2 Å². The van der Waals surface area contributed by atoms with Gasteiger partial charge in [-0.3, -0.25) is 0 Å². The van der Waals surface area contributed by atoms with Gasteiger partial charge in [0.15, 0.2) is 5.75 Å². The zero-order valence-electron chi connectivity index (χ0n) is 12.5. The van der Waals surface area contributed by atoms with Crippen molar-refractivity contribution in [2.45, 2.75) is 33.2 Å². The molecule has 2 aromatic carbocycles. The van der Waals surface area contributed by atoms with Crippen molar-refractivity contribution in [3.63, 3.8) is 0 Å². The molecule has 106 valence electrons. The molecule has 0 aliphatic heterocycles. The molecule has 0 aliphatic carbocycles. The minimum Gasteiger partial charge on any atom is -0.455 e. The second kappa shape index (κ2) is 6.99. The number of anilines is 1. The van der Waals surface area contributed by atoms with E-state index in [-0.39, 0.29) is 0 Å². The molecule has 0 amide bonds. The first-order valence-corrected chi connectivity index (χ1v) is 7.29. The summed E-state index contributed by atoms with van der Waals surface area (Å²) in [7, 11) is 0. The van der Waals surface area contributed by atoms with Crippen LogP contribution in [0.15, 0.2) is 54.6 Å². The Balaban J connectivity index is 2.14. The topological polar surface area (TPSA) is 21.3 Å². The van der Waals surface area contributed by atoms with E-state index >= 15 is 0 Å². The van der Waals surface area contributed by atoms with Gasteiger partial charge in [0.25, 0.3) is 0 Å². The second-order valence-electron chi connectivity index (χ2n) is 5.23. The first-order valence-electron chi connectivity index (χ1n) is 7.29. The summed E-state index contributed by atoms with van der Waals surface area (Å²) in [4.78, 5) is 0. The molecule has 20 heavy (non-hydrogen) atoms. The van der Waals surface area contributed by atoms with Crippen LogP contribution in [0, 0.1) is 5.92 Å². The van der Waals surface area contributed by atoms with Gasteiger partial charge in [-0.2, -0.15) is 0 Å². The Kier molecular flexibility index (Phi) is 5.05. The molecule has 0 bridgehead atoms. The molecule has 0 spiro atoms. The molecule has 2 atom stereocenters. The van der Waals surface area contributed by atoms with E-state index in [1.54, 1.807) is 0 Å². The third-order valence-electron chi connectivity index (χ3n) is 3.74. The Bertz CT molecular complexity index is 524. The molecular weight excluding hydrogens is 246 g/mol. The molecule has 2 nitrogen and oxygen atoms in total. The van der Waals surface area contributed by atoms with Gasteiger partial charge in [-0.25, -0.2) is 0 Å². The highest BCUT2D eigenvalue weighted by molar-refractivity contribution is 5.58. The fourth-order valence-corrected chi connectivity index (χ4v) is 2.03. The van der Waals surface area contributed by atoms with Gasteiger partial charge < -0.3 is 10.1 Å². The van der Waals surface area contributed by atoms with Crippen molar-refractivity contribution in [2.75, 3.05) is 5.32 Å². The predicted octanol–water partition coefficient (Wildman–Crippen LogP) is 5.33. The SMILES string of the molecule is CCC(C)C(C)Nc1ccccc1Oc1ccccc1. The van der Waals surface area contributed by atoms with Crippen LogP contribution in [0.5, 0.6) is 11.5 Å².